The van der Waals surface area contributed by atoms with Crippen molar-refractivity contribution in [3.8, 4) is 21.8 Å². The molecule has 0 saturated heterocycles. The van der Waals surface area contributed by atoms with E-state index in [4.69, 9.17) is 4.74 Å². The van der Waals surface area contributed by atoms with Gasteiger partial charge in [-0.3, -0.25) is 9.78 Å². The second-order valence-corrected chi connectivity index (χ2v) is 6.30. The van der Waals surface area contributed by atoms with Crippen LogP contribution in [0.2, 0.25) is 0 Å². The molecule has 3 rings (SSSR count). The summed E-state index contributed by atoms with van der Waals surface area (Å²) in [7, 11) is 0. The molecule has 0 aliphatic carbocycles. The van der Waals surface area contributed by atoms with Gasteiger partial charge in [-0.15, -0.1) is 11.3 Å². The molecule has 116 valence electrons. The maximum Gasteiger partial charge on any atom is 0.303 e. The number of benzene rings is 1. The van der Waals surface area contributed by atoms with Gasteiger partial charge < -0.3 is 4.74 Å². The van der Waals surface area contributed by atoms with Crippen molar-refractivity contribution in [2.24, 2.45) is 0 Å². The van der Waals surface area contributed by atoms with Crippen LogP contribution in [0.1, 0.15) is 17.5 Å². The third-order valence-electron chi connectivity index (χ3n) is 3.38. The Labute approximate surface area is 138 Å². The molecule has 4 nitrogen and oxygen atoms in total. The molecule has 0 spiro atoms. The van der Waals surface area contributed by atoms with Crippen LogP contribution in [0.4, 0.5) is 0 Å². The number of esters is 1. The summed E-state index contributed by atoms with van der Waals surface area (Å²) >= 11 is 1.58. The minimum absolute atomic E-state index is 0.215. The van der Waals surface area contributed by atoms with Gasteiger partial charge in [0.1, 0.15) is 11.6 Å². The Morgan fingerprint density at radius 3 is 2.57 bits per heavy atom. The minimum Gasteiger partial charge on any atom is -0.459 e. The predicted octanol–water partition coefficient (Wildman–Crippen LogP) is 4.24. The Balaban J connectivity index is 1.82. The van der Waals surface area contributed by atoms with Crippen LogP contribution in [0.3, 0.4) is 0 Å². The number of carbonyl (C=O) groups is 1. The van der Waals surface area contributed by atoms with Gasteiger partial charge in [0.2, 0.25) is 0 Å². The molecule has 2 heterocycles. The van der Waals surface area contributed by atoms with E-state index in [9.17, 15) is 4.79 Å². The Morgan fingerprint density at radius 2 is 1.91 bits per heavy atom. The van der Waals surface area contributed by atoms with Crippen molar-refractivity contribution in [2.75, 3.05) is 0 Å². The van der Waals surface area contributed by atoms with Crippen molar-refractivity contribution in [3.05, 3.63) is 59.2 Å². The Morgan fingerprint density at radius 1 is 1.13 bits per heavy atom. The van der Waals surface area contributed by atoms with E-state index in [0.29, 0.717) is 0 Å². The lowest BCUT2D eigenvalue weighted by atomic mass is 10.1. The van der Waals surface area contributed by atoms with E-state index < -0.39 is 0 Å². The standard InChI is InChI=1S/C18H16N2O2S/c1-12-17(11-22-13(2)21)20-18(23-12)15-8-9-16(19-10-15)14-6-4-3-5-7-14/h3-10H,11H2,1-2H3. The van der Waals surface area contributed by atoms with Crippen LogP contribution in [0.25, 0.3) is 21.8 Å². The van der Waals surface area contributed by atoms with E-state index in [2.05, 4.69) is 9.97 Å². The Bertz CT molecular complexity index is 811. The lowest BCUT2D eigenvalue weighted by Crippen LogP contribution is -2.00. The Kier molecular flexibility index (Phi) is 4.48. The van der Waals surface area contributed by atoms with Crippen LogP contribution >= 0.6 is 11.3 Å². The van der Waals surface area contributed by atoms with Gasteiger partial charge in [-0.2, -0.15) is 0 Å². The smallest absolute Gasteiger partial charge is 0.303 e. The maximum atomic E-state index is 10.9. The van der Waals surface area contributed by atoms with Gasteiger partial charge in [-0.05, 0) is 19.1 Å². The summed E-state index contributed by atoms with van der Waals surface area (Å²) in [6.45, 7) is 3.59. The zero-order valence-corrected chi connectivity index (χ0v) is 13.8. The first-order valence-electron chi connectivity index (χ1n) is 7.25. The van der Waals surface area contributed by atoms with E-state index >= 15 is 0 Å². The highest BCUT2D eigenvalue weighted by Gasteiger charge is 2.11. The number of hydrogen-bond donors (Lipinski definition) is 0. The molecule has 0 saturated carbocycles. The van der Waals surface area contributed by atoms with Gasteiger partial charge in [0.15, 0.2) is 0 Å². The molecular weight excluding hydrogens is 308 g/mol. The zero-order valence-electron chi connectivity index (χ0n) is 12.9. The van der Waals surface area contributed by atoms with Crippen molar-refractivity contribution >= 4 is 17.3 Å². The third-order valence-corrected chi connectivity index (χ3v) is 4.45. The fourth-order valence-electron chi connectivity index (χ4n) is 2.16. The summed E-state index contributed by atoms with van der Waals surface area (Å²) in [5, 5.41) is 0.886. The highest BCUT2D eigenvalue weighted by Crippen LogP contribution is 2.28. The number of hydrogen-bond acceptors (Lipinski definition) is 5. The topological polar surface area (TPSA) is 52.1 Å². The van der Waals surface area contributed by atoms with Gasteiger partial charge in [-0.1, -0.05) is 30.3 Å². The molecule has 0 aliphatic rings. The number of aryl methyl sites for hydroxylation is 1. The molecule has 0 N–H and O–H groups in total. The summed E-state index contributed by atoms with van der Waals surface area (Å²) in [6.07, 6.45) is 1.83. The molecule has 23 heavy (non-hydrogen) atoms. The number of ether oxygens (including phenoxy) is 1. The largest absolute Gasteiger partial charge is 0.459 e. The molecule has 0 fully saturated rings. The van der Waals surface area contributed by atoms with Crippen molar-refractivity contribution < 1.29 is 9.53 Å². The molecule has 0 bridgehead atoms. The molecule has 3 aromatic rings. The zero-order chi connectivity index (χ0) is 16.2. The quantitative estimate of drug-likeness (QED) is 0.673. The van der Waals surface area contributed by atoms with E-state index in [1.54, 1.807) is 11.3 Å². The van der Waals surface area contributed by atoms with Crippen LogP contribution in [-0.2, 0) is 16.1 Å². The van der Waals surface area contributed by atoms with Crippen LogP contribution < -0.4 is 0 Å². The minimum atomic E-state index is -0.298. The molecule has 0 atom stereocenters. The summed E-state index contributed by atoms with van der Waals surface area (Å²) in [5.74, 6) is -0.298. The highest BCUT2D eigenvalue weighted by atomic mass is 32.1. The van der Waals surface area contributed by atoms with Crippen molar-refractivity contribution in [2.45, 2.75) is 20.5 Å². The maximum absolute atomic E-state index is 10.9. The molecule has 0 unspecified atom stereocenters. The highest BCUT2D eigenvalue weighted by molar-refractivity contribution is 7.15. The van der Waals surface area contributed by atoms with Crippen LogP contribution in [0, 0.1) is 6.92 Å². The van der Waals surface area contributed by atoms with Crippen molar-refractivity contribution in [1.82, 2.24) is 9.97 Å². The average molecular weight is 324 g/mol. The van der Waals surface area contributed by atoms with Crippen molar-refractivity contribution in [1.29, 1.82) is 0 Å². The first-order valence-corrected chi connectivity index (χ1v) is 8.06. The fraction of sp³-hybridized carbons (Fsp3) is 0.167. The summed E-state index contributed by atoms with van der Waals surface area (Å²) in [4.78, 5) is 21.0. The lowest BCUT2D eigenvalue weighted by molar-refractivity contribution is -0.142. The Hall–Kier alpha value is -2.53. The van der Waals surface area contributed by atoms with Gasteiger partial charge in [0, 0.05) is 29.1 Å². The first kappa shape index (κ1) is 15.4. The van der Waals surface area contributed by atoms with Crippen molar-refractivity contribution in [3.63, 3.8) is 0 Å². The van der Waals surface area contributed by atoms with Gasteiger partial charge in [0.25, 0.3) is 0 Å². The molecule has 0 radical (unpaired) electrons. The van der Waals surface area contributed by atoms with E-state index in [0.717, 1.165) is 32.4 Å². The number of aromatic nitrogens is 2. The second kappa shape index (κ2) is 6.71. The SMILES string of the molecule is CC(=O)OCc1nc(-c2ccc(-c3ccccc3)nc2)sc1C. The normalized spacial score (nSPS) is 10.5. The molecule has 5 heteroatoms. The summed E-state index contributed by atoms with van der Waals surface area (Å²) in [5.41, 5.74) is 3.78. The monoisotopic (exact) mass is 324 g/mol. The lowest BCUT2D eigenvalue weighted by Gasteiger charge is -2.01. The molecule has 0 amide bonds. The molecular formula is C18H16N2O2S. The molecule has 1 aromatic carbocycles. The van der Waals surface area contributed by atoms with E-state index in [-0.39, 0.29) is 12.6 Å². The van der Waals surface area contributed by atoms with Crippen LogP contribution in [-0.4, -0.2) is 15.9 Å². The van der Waals surface area contributed by atoms with Gasteiger partial charge in [-0.25, -0.2) is 4.98 Å². The van der Waals surface area contributed by atoms with E-state index in [1.807, 2.05) is 55.6 Å². The van der Waals surface area contributed by atoms with Gasteiger partial charge >= 0.3 is 5.97 Å². The molecule has 2 aromatic heterocycles. The number of pyridine rings is 1. The average Bonchev–Trinajstić information content (AvgIpc) is 2.95. The van der Waals surface area contributed by atoms with Crippen LogP contribution in [0.5, 0.6) is 0 Å². The third kappa shape index (κ3) is 3.63. The predicted molar refractivity (Wildman–Crippen MR) is 91.0 cm³/mol. The van der Waals surface area contributed by atoms with E-state index in [1.165, 1.54) is 6.92 Å². The molecule has 0 aliphatic heterocycles. The van der Waals surface area contributed by atoms with Crippen LogP contribution in [0.15, 0.2) is 48.7 Å². The number of carbonyl (C=O) groups excluding carboxylic acids is 1. The summed E-state index contributed by atoms with van der Waals surface area (Å²) in [6, 6.07) is 14.1. The summed E-state index contributed by atoms with van der Waals surface area (Å²) < 4.78 is 5.02. The van der Waals surface area contributed by atoms with Gasteiger partial charge in [0.05, 0.1) is 11.4 Å². The number of thiazole rings is 1. The second-order valence-electron chi connectivity index (χ2n) is 5.10. The number of rotatable bonds is 4. The first-order chi connectivity index (χ1) is 11.1. The fourth-order valence-corrected chi connectivity index (χ4v) is 3.06. The number of nitrogens with zero attached hydrogens (tertiary/aromatic N) is 2.